The van der Waals surface area contributed by atoms with Gasteiger partial charge in [-0.1, -0.05) is 26.7 Å². The summed E-state index contributed by atoms with van der Waals surface area (Å²) >= 11 is 0. The fourth-order valence-electron chi connectivity index (χ4n) is 3.95. The maximum atomic E-state index is 12.6. The largest absolute Gasteiger partial charge is 0.341 e. The Labute approximate surface area is 118 Å². The molecular weight excluding hydrogens is 236 g/mol. The number of likely N-dealkylation sites (N-methyl/N-ethyl adjacent to an activating group) is 1. The molecule has 3 heteroatoms. The summed E-state index contributed by atoms with van der Waals surface area (Å²) in [4.78, 5) is 14.6. The second kappa shape index (κ2) is 6.74. The summed E-state index contributed by atoms with van der Waals surface area (Å²) in [6.45, 7) is 4.34. The predicted molar refractivity (Wildman–Crippen MR) is 79.0 cm³/mol. The van der Waals surface area contributed by atoms with Crippen molar-refractivity contribution in [3.05, 3.63) is 0 Å². The molecule has 110 valence electrons. The zero-order valence-corrected chi connectivity index (χ0v) is 12.8. The average Bonchev–Trinajstić information content (AvgIpc) is 2.47. The van der Waals surface area contributed by atoms with E-state index in [-0.39, 0.29) is 6.04 Å². The van der Waals surface area contributed by atoms with Crippen LogP contribution in [0.15, 0.2) is 0 Å². The molecule has 1 aliphatic heterocycles. The Kier molecular flexibility index (Phi) is 5.26. The Hall–Kier alpha value is -0.570. The number of rotatable bonds is 4. The minimum absolute atomic E-state index is 0.0740. The maximum absolute atomic E-state index is 12.6. The molecule has 0 aromatic carbocycles. The van der Waals surface area contributed by atoms with Crippen molar-refractivity contribution in [2.24, 2.45) is 5.92 Å². The molecular formula is C16H30N2O. The second-order valence-electron chi connectivity index (χ2n) is 6.37. The predicted octanol–water partition coefficient (Wildman–Crippen LogP) is 2.94. The van der Waals surface area contributed by atoms with Crippen molar-refractivity contribution in [1.29, 1.82) is 0 Å². The number of carbonyl (C=O) groups is 1. The minimum Gasteiger partial charge on any atom is -0.341 e. The molecule has 1 heterocycles. The van der Waals surface area contributed by atoms with Crippen molar-refractivity contribution < 1.29 is 4.79 Å². The van der Waals surface area contributed by atoms with Crippen LogP contribution in [0.2, 0.25) is 0 Å². The van der Waals surface area contributed by atoms with Gasteiger partial charge in [0, 0.05) is 19.1 Å². The molecule has 3 nitrogen and oxygen atoms in total. The monoisotopic (exact) mass is 266 g/mol. The molecule has 0 spiro atoms. The average molecular weight is 266 g/mol. The van der Waals surface area contributed by atoms with E-state index in [0.29, 0.717) is 18.0 Å². The zero-order chi connectivity index (χ0) is 13.8. The molecule has 19 heavy (non-hydrogen) atoms. The Morgan fingerprint density at radius 1 is 1.16 bits per heavy atom. The van der Waals surface area contributed by atoms with E-state index >= 15 is 0 Å². The fraction of sp³-hybridized carbons (Fsp3) is 0.938. The summed E-state index contributed by atoms with van der Waals surface area (Å²) in [6, 6.07) is 1.08. The third-order valence-electron chi connectivity index (χ3n) is 5.29. The number of amides is 1. The van der Waals surface area contributed by atoms with Gasteiger partial charge >= 0.3 is 0 Å². The molecule has 2 rings (SSSR count). The first-order chi connectivity index (χ1) is 9.17. The SMILES string of the molecule is CCC(CC)N(C)C(=O)C1CCC2CCCCC2N1. The Balaban J connectivity index is 1.92. The number of carbonyl (C=O) groups excluding carboxylic acids is 1. The molecule has 0 aromatic rings. The lowest BCUT2D eigenvalue weighted by molar-refractivity contribution is -0.135. The molecule has 1 saturated heterocycles. The van der Waals surface area contributed by atoms with Gasteiger partial charge in [0.05, 0.1) is 6.04 Å². The van der Waals surface area contributed by atoms with Crippen molar-refractivity contribution >= 4 is 5.91 Å². The van der Waals surface area contributed by atoms with E-state index in [1.165, 1.54) is 32.1 Å². The van der Waals surface area contributed by atoms with Crippen LogP contribution in [0, 0.1) is 5.92 Å². The topological polar surface area (TPSA) is 32.3 Å². The number of fused-ring (bicyclic) bond motifs is 1. The van der Waals surface area contributed by atoms with Crippen LogP contribution in [0.25, 0.3) is 0 Å². The molecule has 3 unspecified atom stereocenters. The Bertz CT molecular complexity index is 301. The normalized spacial score (nSPS) is 31.1. The highest BCUT2D eigenvalue weighted by Gasteiger charge is 2.36. The third-order valence-corrected chi connectivity index (χ3v) is 5.29. The summed E-state index contributed by atoms with van der Waals surface area (Å²) in [5.74, 6) is 1.15. The summed E-state index contributed by atoms with van der Waals surface area (Å²) in [7, 11) is 1.98. The van der Waals surface area contributed by atoms with Gasteiger partial charge in [-0.05, 0) is 44.4 Å². The lowest BCUT2D eigenvalue weighted by Crippen LogP contribution is -2.56. The van der Waals surface area contributed by atoms with Gasteiger partial charge in [-0.15, -0.1) is 0 Å². The van der Waals surface area contributed by atoms with Gasteiger partial charge in [0.1, 0.15) is 0 Å². The van der Waals surface area contributed by atoms with Crippen LogP contribution in [0.4, 0.5) is 0 Å². The van der Waals surface area contributed by atoms with Gasteiger partial charge in [0.25, 0.3) is 0 Å². The van der Waals surface area contributed by atoms with Crippen molar-refractivity contribution in [3.63, 3.8) is 0 Å². The smallest absolute Gasteiger partial charge is 0.239 e. The fourth-order valence-corrected chi connectivity index (χ4v) is 3.95. The van der Waals surface area contributed by atoms with E-state index in [9.17, 15) is 4.79 Å². The molecule has 1 saturated carbocycles. The summed E-state index contributed by atoms with van der Waals surface area (Å²) in [6.07, 6.45) is 9.72. The standard InChI is InChI=1S/C16H30N2O/c1-4-13(5-2)18(3)16(19)15-11-10-12-8-6-7-9-14(12)17-15/h12-15,17H,4-11H2,1-3H3. The third kappa shape index (κ3) is 3.31. The second-order valence-corrected chi connectivity index (χ2v) is 6.37. The van der Waals surface area contributed by atoms with Crippen molar-refractivity contribution in [3.8, 4) is 0 Å². The van der Waals surface area contributed by atoms with E-state index in [1.54, 1.807) is 0 Å². The van der Waals surface area contributed by atoms with Gasteiger partial charge < -0.3 is 10.2 Å². The number of nitrogens with zero attached hydrogens (tertiary/aromatic N) is 1. The first kappa shape index (κ1) is 14.8. The van der Waals surface area contributed by atoms with Gasteiger partial charge in [-0.3, -0.25) is 4.79 Å². The molecule has 1 N–H and O–H groups in total. The lowest BCUT2D eigenvalue weighted by Gasteiger charge is -2.41. The van der Waals surface area contributed by atoms with Crippen LogP contribution in [-0.4, -0.2) is 36.0 Å². The van der Waals surface area contributed by atoms with E-state index < -0.39 is 0 Å². The molecule has 3 atom stereocenters. The van der Waals surface area contributed by atoms with Crippen molar-refractivity contribution in [1.82, 2.24) is 10.2 Å². The van der Waals surface area contributed by atoms with Crippen molar-refractivity contribution in [2.45, 2.75) is 83.3 Å². The summed E-state index contributed by atoms with van der Waals surface area (Å²) in [5.41, 5.74) is 0. The number of piperidine rings is 1. The Morgan fingerprint density at radius 3 is 2.53 bits per heavy atom. The van der Waals surface area contributed by atoms with Crippen LogP contribution >= 0.6 is 0 Å². The van der Waals surface area contributed by atoms with Crippen LogP contribution in [-0.2, 0) is 4.79 Å². The highest BCUT2D eigenvalue weighted by molar-refractivity contribution is 5.82. The molecule has 0 radical (unpaired) electrons. The molecule has 0 bridgehead atoms. The number of hydrogen-bond acceptors (Lipinski definition) is 2. The van der Waals surface area contributed by atoms with Gasteiger partial charge in [-0.2, -0.15) is 0 Å². The zero-order valence-electron chi connectivity index (χ0n) is 12.8. The number of hydrogen-bond donors (Lipinski definition) is 1. The van der Waals surface area contributed by atoms with Crippen LogP contribution in [0.3, 0.4) is 0 Å². The Morgan fingerprint density at radius 2 is 1.84 bits per heavy atom. The molecule has 0 aromatic heterocycles. The molecule has 1 aliphatic carbocycles. The quantitative estimate of drug-likeness (QED) is 0.848. The van der Waals surface area contributed by atoms with Crippen LogP contribution < -0.4 is 5.32 Å². The first-order valence-corrected chi connectivity index (χ1v) is 8.20. The highest BCUT2D eigenvalue weighted by atomic mass is 16.2. The molecule has 2 fully saturated rings. The lowest BCUT2D eigenvalue weighted by atomic mass is 9.77. The van der Waals surface area contributed by atoms with Crippen molar-refractivity contribution in [2.75, 3.05) is 7.05 Å². The summed E-state index contributed by atoms with van der Waals surface area (Å²) < 4.78 is 0. The van der Waals surface area contributed by atoms with E-state index in [0.717, 1.165) is 25.2 Å². The number of nitrogens with one attached hydrogen (secondary N) is 1. The van der Waals surface area contributed by atoms with E-state index in [1.807, 2.05) is 11.9 Å². The highest BCUT2D eigenvalue weighted by Crippen LogP contribution is 2.32. The minimum atomic E-state index is 0.0740. The summed E-state index contributed by atoms with van der Waals surface area (Å²) in [5, 5.41) is 3.65. The van der Waals surface area contributed by atoms with Gasteiger partial charge in [-0.25, -0.2) is 0 Å². The van der Waals surface area contributed by atoms with E-state index in [2.05, 4.69) is 19.2 Å². The van der Waals surface area contributed by atoms with Gasteiger partial charge in [0.2, 0.25) is 5.91 Å². The molecule has 1 amide bonds. The van der Waals surface area contributed by atoms with Crippen LogP contribution in [0.1, 0.15) is 65.2 Å². The van der Waals surface area contributed by atoms with E-state index in [4.69, 9.17) is 0 Å². The van der Waals surface area contributed by atoms with Crippen LogP contribution in [0.5, 0.6) is 0 Å². The van der Waals surface area contributed by atoms with Gasteiger partial charge in [0.15, 0.2) is 0 Å². The first-order valence-electron chi connectivity index (χ1n) is 8.20. The maximum Gasteiger partial charge on any atom is 0.239 e. The molecule has 2 aliphatic rings.